The van der Waals surface area contributed by atoms with Gasteiger partial charge >= 0.3 is 0 Å². The third kappa shape index (κ3) is 5.13. The van der Waals surface area contributed by atoms with Crippen molar-refractivity contribution < 1.29 is 18.7 Å². The van der Waals surface area contributed by atoms with E-state index in [1.165, 1.54) is 12.1 Å². The molecule has 2 aromatic rings. The van der Waals surface area contributed by atoms with Crippen LogP contribution in [0.15, 0.2) is 42.5 Å². The van der Waals surface area contributed by atoms with E-state index in [9.17, 15) is 14.0 Å². The van der Waals surface area contributed by atoms with Crippen molar-refractivity contribution >= 4 is 17.5 Å². The molecule has 1 aliphatic heterocycles. The van der Waals surface area contributed by atoms with Gasteiger partial charge in [0, 0.05) is 30.3 Å². The highest BCUT2D eigenvalue weighted by molar-refractivity contribution is 5.92. The second-order valence-corrected chi connectivity index (χ2v) is 7.62. The van der Waals surface area contributed by atoms with E-state index in [2.05, 4.69) is 5.32 Å². The molecule has 0 bridgehead atoms. The summed E-state index contributed by atoms with van der Waals surface area (Å²) in [5.41, 5.74) is 2.51. The summed E-state index contributed by atoms with van der Waals surface area (Å²) in [6, 6.07) is 11.8. The lowest BCUT2D eigenvalue weighted by molar-refractivity contribution is -0.138. The van der Waals surface area contributed by atoms with Crippen LogP contribution in [-0.4, -0.2) is 29.4 Å². The first-order valence-electron chi connectivity index (χ1n) is 10.0. The third-order valence-electron chi connectivity index (χ3n) is 5.02. The largest absolute Gasteiger partial charge is 0.480 e. The predicted molar refractivity (Wildman–Crippen MR) is 110 cm³/mol. The SMILES string of the molecule is CC[C@H]1Oc2ccc(NC(=O)C(C)C)cc2CN(CCc2ccc(F)cc2)C1=O. The van der Waals surface area contributed by atoms with Gasteiger partial charge in [-0.15, -0.1) is 0 Å². The molecule has 5 nitrogen and oxygen atoms in total. The van der Waals surface area contributed by atoms with Gasteiger partial charge in [0.1, 0.15) is 11.6 Å². The van der Waals surface area contributed by atoms with Gasteiger partial charge in [0.15, 0.2) is 6.10 Å². The zero-order valence-electron chi connectivity index (χ0n) is 17.1. The molecule has 1 atom stereocenters. The summed E-state index contributed by atoms with van der Waals surface area (Å²) in [6.45, 7) is 6.50. The van der Waals surface area contributed by atoms with Crippen molar-refractivity contribution in [1.82, 2.24) is 4.90 Å². The summed E-state index contributed by atoms with van der Waals surface area (Å²) in [4.78, 5) is 26.7. The first-order valence-corrected chi connectivity index (χ1v) is 10.0. The number of hydrogen-bond acceptors (Lipinski definition) is 3. The average Bonchev–Trinajstić information content (AvgIpc) is 2.83. The lowest BCUT2D eigenvalue weighted by atomic mass is 10.1. The summed E-state index contributed by atoms with van der Waals surface area (Å²) in [5, 5.41) is 2.89. The van der Waals surface area contributed by atoms with Gasteiger partial charge in [0.05, 0.1) is 0 Å². The number of nitrogens with zero attached hydrogens (tertiary/aromatic N) is 1. The first kappa shape index (κ1) is 20.8. The van der Waals surface area contributed by atoms with E-state index in [0.29, 0.717) is 37.4 Å². The maximum Gasteiger partial charge on any atom is 0.263 e. The minimum Gasteiger partial charge on any atom is -0.480 e. The lowest BCUT2D eigenvalue weighted by Gasteiger charge is -2.23. The van der Waals surface area contributed by atoms with Crippen LogP contribution >= 0.6 is 0 Å². The Bertz CT molecular complexity index is 880. The van der Waals surface area contributed by atoms with Gasteiger partial charge in [-0.2, -0.15) is 0 Å². The van der Waals surface area contributed by atoms with Gasteiger partial charge in [-0.3, -0.25) is 9.59 Å². The number of fused-ring (bicyclic) bond motifs is 1. The van der Waals surface area contributed by atoms with E-state index in [1.54, 1.807) is 23.1 Å². The second kappa shape index (κ2) is 9.07. The van der Waals surface area contributed by atoms with Crippen LogP contribution in [0.4, 0.5) is 10.1 Å². The molecule has 0 radical (unpaired) electrons. The zero-order valence-corrected chi connectivity index (χ0v) is 17.1. The fraction of sp³-hybridized carbons (Fsp3) is 0.391. The summed E-state index contributed by atoms with van der Waals surface area (Å²) in [6.07, 6.45) is 0.652. The molecule has 0 saturated carbocycles. The Morgan fingerprint density at radius 1 is 1.24 bits per heavy atom. The van der Waals surface area contributed by atoms with Crippen molar-refractivity contribution in [1.29, 1.82) is 0 Å². The number of anilines is 1. The summed E-state index contributed by atoms with van der Waals surface area (Å²) in [5.74, 6) is 0.151. The molecule has 29 heavy (non-hydrogen) atoms. The first-order chi connectivity index (χ1) is 13.9. The van der Waals surface area contributed by atoms with Gasteiger partial charge in [0.2, 0.25) is 5.91 Å². The Hall–Kier alpha value is -2.89. The minimum absolute atomic E-state index is 0.0569. The quantitative estimate of drug-likeness (QED) is 0.795. The van der Waals surface area contributed by atoms with E-state index >= 15 is 0 Å². The molecule has 1 N–H and O–H groups in total. The molecule has 3 rings (SSSR count). The molecule has 1 heterocycles. The van der Waals surface area contributed by atoms with Crippen molar-refractivity contribution in [3.8, 4) is 5.75 Å². The number of carbonyl (C=O) groups excluding carboxylic acids is 2. The molecule has 0 fully saturated rings. The number of rotatable bonds is 6. The molecule has 6 heteroatoms. The summed E-state index contributed by atoms with van der Waals surface area (Å²) >= 11 is 0. The molecule has 0 saturated heterocycles. The zero-order chi connectivity index (χ0) is 21.0. The van der Waals surface area contributed by atoms with Gasteiger partial charge in [-0.05, 0) is 48.7 Å². The van der Waals surface area contributed by atoms with Crippen molar-refractivity contribution in [2.45, 2.75) is 46.3 Å². The molecule has 0 aliphatic carbocycles. The summed E-state index contributed by atoms with van der Waals surface area (Å²) < 4.78 is 19.1. The molecule has 2 aromatic carbocycles. The Morgan fingerprint density at radius 3 is 2.62 bits per heavy atom. The monoisotopic (exact) mass is 398 g/mol. The minimum atomic E-state index is -0.541. The number of ether oxygens (including phenoxy) is 1. The topological polar surface area (TPSA) is 58.6 Å². The van der Waals surface area contributed by atoms with Crippen molar-refractivity contribution in [3.05, 3.63) is 59.4 Å². The lowest BCUT2D eigenvalue weighted by Crippen LogP contribution is -2.40. The van der Waals surface area contributed by atoms with Crippen LogP contribution in [0, 0.1) is 11.7 Å². The molecule has 0 unspecified atom stereocenters. The third-order valence-corrected chi connectivity index (χ3v) is 5.02. The van der Waals surface area contributed by atoms with Crippen LogP contribution < -0.4 is 10.1 Å². The Labute approximate surface area is 170 Å². The highest BCUT2D eigenvalue weighted by Gasteiger charge is 2.29. The van der Waals surface area contributed by atoms with Crippen LogP contribution in [-0.2, 0) is 22.6 Å². The van der Waals surface area contributed by atoms with Crippen LogP contribution in [0.5, 0.6) is 5.75 Å². The fourth-order valence-corrected chi connectivity index (χ4v) is 3.24. The maximum atomic E-state index is 13.1. The molecule has 0 spiro atoms. The Balaban J connectivity index is 1.80. The van der Waals surface area contributed by atoms with Gasteiger partial charge in [-0.1, -0.05) is 32.9 Å². The molecule has 154 valence electrons. The fourth-order valence-electron chi connectivity index (χ4n) is 3.24. The molecule has 0 aromatic heterocycles. The van der Waals surface area contributed by atoms with E-state index in [-0.39, 0.29) is 23.5 Å². The van der Waals surface area contributed by atoms with Crippen LogP contribution in [0.25, 0.3) is 0 Å². The van der Waals surface area contributed by atoms with Gasteiger partial charge < -0.3 is 15.0 Å². The number of halogens is 1. The van der Waals surface area contributed by atoms with E-state index < -0.39 is 6.10 Å². The van der Waals surface area contributed by atoms with Gasteiger partial charge in [0.25, 0.3) is 5.91 Å². The van der Waals surface area contributed by atoms with E-state index in [1.807, 2.05) is 32.9 Å². The van der Waals surface area contributed by atoms with Crippen LogP contribution in [0.2, 0.25) is 0 Å². The van der Waals surface area contributed by atoms with Crippen molar-refractivity contribution in [3.63, 3.8) is 0 Å². The van der Waals surface area contributed by atoms with E-state index in [4.69, 9.17) is 4.74 Å². The number of benzene rings is 2. The average molecular weight is 398 g/mol. The Kier molecular flexibility index (Phi) is 6.52. The molecule has 2 amide bonds. The van der Waals surface area contributed by atoms with E-state index in [0.717, 1.165) is 11.1 Å². The molecular weight excluding hydrogens is 371 g/mol. The second-order valence-electron chi connectivity index (χ2n) is 7.62. The highest BCUT2D eigenvalue weighted by Crippen LogP contribution is 2.29. The maximum absolute atomic E-state index is 13.1. The number of amides is 2. The van der Waals surface area contributed by atoms with Crippen molar-refractivity contribution in [2.24, 2.45) is 5.92 Å². The number of hydrogen-bond donors (Lipinski definition) is 1. The standard InChI is InChI=1S/C23H27FN2O3/c1-4-20-23(28)26(12-11-16-5-7-18(24)8-6-16)14-17-13-19(9-10-21(17)29-20)25-22(27)15(2)3/h5-10,13,15,20H,4,11-12,14H2,1-3H3,(H,25,27)/t20-/m1/s1. The van der Waals surface area contributed by atoms with Crippen LogP contribution in [0.1, 0.15) is 38.3 Å². The Morgan fingerprint density at radius 2 is 1.97 bits per heavy atom. The predicted octanol–water partition coefficient (Wildman–Crippen LogP) is 4.16. The molecule has 1 aliphatic rings. The van der Waals surface area contributed by atoms with Crippen LogP contribution in [0.3, 0.4) is 0 Å². The smallest absolute Gasteiger partial charge is 0.263 e. The number of nitrogens with one attached hydrogen (secondary N) is 1. The molecular formula is C23H27FN2O3. The highest BCUT2D eigenvalue weighted by atomic mass is 19.1. The normalized spacial score (nSPS) is 16.2. The van der Waals surface area contributed by atoms with Crippen molar-refractivity contribution in [2.75, 3.05) is 11.9 Å². The number of carbonyl (C=O) groups is 2. The van der Waals surface area contributed by atoms with Gasteiger partial charge in [-0.25, -0.2) is 4.39 Å². The summed E-state index contributed by atoms with van der Waals surface area (Å²) in [7, 11) is 0.